The van der Waals surface area contributed by atoms with E-state index < -0.39 is 5.82 Å². The van der Waals surface area contributed by atoms with E-state index in [1.165, 1.54) is 12.1 Å². The number of aryl methyl sites for hydroxylation is 2. The van der Waals surface area contributed by atoms with Gasteiger partial charge in [0.15, 0.2) is 6.29 Å². The van der Waals surface area contributed by atoms with E-state index in [4.69, 9.17) is 16.3 Å². The van der Waals surface area contributed by atoms with E-state index in [0.717, 1.165) is 18.2 Å². The monoisotopic (exact) mass is 296 g/mol. The predicted molar refractivity (Wildman–Crippen MR) is 73.7 cm³/mol. The first-order valence-electron chi connectivity index (χ1n) is 6.14. The number of rotatable bonds is 5. The summed E-state index contributed by atoms with van der Waals surface area (Å²) in [6, 6.07) is 3.79. The smallest absolute Gasteiger partial charge is 0.153 e. The highest BCUT2D eigenvalue weighted by atomic mass is 35.5. The fraction of sp³-hybridized carbons (Fsp3) is 0.286. The van der Waals surface area contributed by atoms with Crippen LogP contribution in [0.15, 0.2) is 18.2 Å². The molecule has 0 unspecified atom stereocenters. The van der Waals surface area contributed by atoms with E-state index in [-0.39, 0.29) is 12.2 Å². The summed E-state index contributed by atoms with van der Waals surface area (Å²) in [6.45, 7) is 2.12. The summed E-state index contributed by atoms with van der Waals surface area (Å²) in [5.74, 6) is -0.164. The minimum Gasteiger partial charge on any atom is -0.487 e. The molecule has 1 aromatic heterocycles. The summed E-state index contributed by atoms with van der Waals surface area (Å²) >= 11 is 6.20. The molecule has 2 rings (SSSR count). The molecule has 0 aliphatic carbocycles. The van der Waals surface area contributed by atoms with Gasteiger partial charge in [0.2, 0.25) is 0 Å². The van der Waals surface area contributed by atoms with Gasteiger partial charge in [-0.3, -0.25) is 9.48 Å². The summed E-state index contributed by atoms with van der Waals surface area (Å²) in [6.07, 6.45) is 1.28. The lowest BCUT2D eigenvalue weighted by molar-refractivity contribution is 0.111. The summed E-state index contributed by atoms with van der Waals surface area (Å²) in [5, 5.41) is 4.83. The molecule has 106 valence electrons. The number of benzene rings is 1. The summed E-state index contributed by atoms with van der Waals surface area (Å²) < 4.78 is 20.2. The average Bonchev–Trinajstić information content (AvgIpc) is 2.72. The number of carbonyl (C=O) groups is 1. The standard InChI is InChI=1S/C14H14ClFN2O2/c1-3-11-14(15)12(18(2)17-11)8-20-13-5-4-10(16)6-9(13)7-19/h4-7H,3,8H2,1-2H3. The molecule has 1 aromatic carbocycles. The minimum atomic E-state index is -0.480. The van der Waals surface area contributed by atoms with Gasteiger partial charge in [-0.15, -0.1) is 0 Å². The van der Waals surface area contributed by atoms with Crippen molar-refractivity contribution in [1.29, 1.82) is 0 Å². The summed E-state index contributed by atoms with van der Waals surface area (Å²) in [7, 11) is 1.77. The number of nitrogens with zero attached hydrogens (tertiary/aromatic N) is 2. The van der Waals surface area contributed by atoms with Crippen LogP contribution in [0.4, 0.5) is 4.39 Å². The maximum Gasteiger partial charge on any atom is 0.153 e. The molecule has 0 atom stereocenters. The number of hydrogen-bond acceptors (Lipinski definition) is 3. The molecule has 20 heavy (non-hydrogen) atoms. The van der Waals surface area contributed by atoms with Crippen LogP contribution in [0.1, 0.15) is 28.7 Å². The molecular formula is C14H14ClFN2O2. The van der Waals surface area contributed by atoms with Crippen LogP contribution in [-0.2, 0) is 20.1 Å². The van der Waals surface area contributed by atoms with Crippen LogP contribution in [0, 0.1) is 5.82 Å². The Kier molecular flexibility index (Phi) is 4.39. The molecule has 0 radical (unpaired) electrons. The number of halogens is 2. The third-order valence-electron chi connectivity index (χ3n) is 2.97. The van der Waals surface area contributed by atoms with E-state index in [0.29, 0.717) is 22.8 Å². The number of ether oxygens (including phenoxy) is 1. The quantitative estimate of drug-likeness (QED) is 0.796. The van der Waals surface area contributed by atoms with Crippen LogP contribution >= 0.6 is 11.6 Å². The number of aldehydes is 1. The number of hydrogen-bond donors (Lipinski definition) is 0. The fourth-order valence-corrected chi connectivity index (χ4v) is 2.21. The number of aromatic nitrogens is 2. The predicted octanol–water partition coefficient (Wildman–Crippen LogP) is 3.17. The molecule has 1 heterocycles. The van der Waals surface area contributed by atoms with E-state index >= 15 is 0 Å². The Morgan fingerprint density at radius 2 is 2.25 bits per heavy atom. The van der Waals surface area contributed by atoms with Crippen LogP contribution in [-0.4, -0.2) is 16.1 Å². The largest absolute Gasteiger partial charge is 0.487 e. The van der Waals surface area contributed by atoms with Crippen molar-refractivity contribution in [3.63, 3.8) is 0 Å². The summed E-state index contributed by atoms with van der Waals surface area (Å²) in [4.78, 5) is 10.9. The Balaban J connectivity index is 2.21. The third-order valence-corrected chi connectivity index (χ3v) is 3.40. The molecule has 0 saturated carbocycles. The van der Waals surface area contributed by atoms with Gasteiger partial charge in [-0.25, -0.2) is 4.39 Å². The zero-order valence-corrected chi connectivity index (χ0v) is 11.9. The van der Waals surface area contributed by atoms with Gasteiger partial charge in [0.25, 0.3) is 0 Å². The van der Waals surface area contributed by atoms with Gasteiger partial charge in [0.05, 0.1) is 22.0 Å². The molecule has 0 saturated heterocycles. The molecule has 0 aliphatic heterocycles. The van der Waals surface area contributed by atoms with Crippen molar-refractivity contribution in [2.45, 2.75) is 20.0 Å². The topological polar surface area (TPSA) is 44.1 Å². The molecule has 4 nitrogen and oxygen atoms in total. The maximum atomic E-state index is 13.0. The van der Waals surface area contributed by atoms with Crippen LogP contribution in [0.25, 0.3) is 0 Å². The zero-order valence-electron chi connectivity index (χ0n) is 11.2. The molecule has 0 bridgehead atoms. The van der Waals surface area contributed by atoms with Gasteiger partial charge in [-0.05, 0) is 24.6 Å². The van der Waals surface area contributed by atoms with Gasteiger partial charge in [0, 0.05) is 7.05 Å². The fourth-order valence-electron chi connectivity index (χ4n) is 1.87. The number of carbonyl (C=O) groups excluding carboxylic acids is 1. The van der Waals surface area contributed by atoms with Crippen LogP contribution in [0.3, 0.4) is 0 Å². The van der Waals surface area contributed by atoms with E-state index in [1.54, 1.807) is 11.7 Å². The van der Waals surface area contributed by atoms with Crippen molar-refractivity contribution in [3.8, 4) is 5.75 Å². The lowest BCUT2D eigenvalue weighted by atomic mass is 10.2. The van der Waals surface area contributed by atoms with Crippen molar-refractivity contribution < 1.29 is 13.9 Å². The Hall–Kier alpha value is -1.88. The van der Waals surface area contributed by atoms with Gasteiger partial charge in [-0.2, -0.15) is 5.10 Å². The minimum absolute atomic E-state index is 0.162. The maximum absolute atomic E-state index is 13.0. The van der Waals surface area contributed by atoms with Crippen molar-refractivity contribution in [1.82, 2.24) is 9.78 Å². The van der Waals surface area contributed by atoms with Crippen LogP contribution in [0.5, 0.6) is 5.75 Å². The Bertz CT molecular complexity index is 640. The first-order chi connectivity index (χ1) is 9.56. The molecule has 0 aliphatic rings. The Labute approximate surface area is 121 Å². The van der Waals surface area contributed by atoms with Crippen molar-refractivity contribution in [2.75, 3.05) is 0 Å². The van der Waals surface area contributed by atoms with E-state index in [2.05, 4.69) is 5.10 Å². The van der Waals surface area contributed by atoms with Crippen LogP contribution in [0.2, 0.25) is 5.02 Å². The Morgan fingerprint density at radius 1 is 1.50 bits per heavy atom. The third kappa shape index (κ3) is 2.82. The second-order valence-corrected chi connectivity index (χ2v) is 4.65. The average molecular weight is 297 g/mol. The van der Waals surface area contributed by atoms with E-state index in [1.807, 2.05) is 6.92 Å². The van der Waals surface area contributed by atoms with Gasteiger partial charge < -0.3 is 4.74 Å². The molecular weight excluding hydrogens is 283 g/mol. The first-order valence-corrected chi connectivity index (χ1v) is 6.52. The normalized spacial score (nSPS) is 10.6. The van der Waals surface area contributed by atoms with Crippen molar-refractivity contribution >= 4 is 17.9 Å². The molecule has 0 amide bonds. The Morgan fingerprint density at radius 3 is 2.85 bits per heavy atom. The zero-order chi connectivity index (χ0) is 14.7. The molecule has 0 spiro atoms. The lowest BCUT2D eigenvalue weighted by Gasteiger charge is -2.09. The van der Waals surface area contributed by atoms with Gasteiger partial charge in [-0.1, -0.05) is 18.5 Å². The van der Waals surface area contributed by atoms with Gasteiger partial charge >= 0.3 is 0 Å². The highest BCUT2D eigenvalue weighted by molar-refractivity contribution is 6.31. The van der Waals surface area contributed by atoms with Gasteiger partial charge in [0.1, 0.15) is 18.2 Å². The highest BCUT2D eigenvalue weighted by Gasteiger charge is 2.14. The lowest BCUT2D eigenvalue weighted by Crippen LogP contribution is -2.05. The highest BCUT2D eigenvalue weighted by Crippen LogP contribution is 2.24. The second-order valence-electron chi connectivity index (χ2n) is 4.27. The first kappa shape index (κ1) is 14.5. The van der Waals surface area contributed by atoms with E-state index in [9.17, 15) is 9.18 Å². The molecule has 2 aromatic rings. The van der Waals surface area contributed by atoms with Crippen molar-refractivity contribution in [2.24, 2.45) is 7.05 Å². The molecule has 6 heteroatoms. The summed E-state index contributed by atoms with van der Waals surface area (Å²) in [5.41, 5.74) is 1.67. The molecule has 0 fully saturated rings. The van der Waals surface area contributed by atoms with Crippen molar-refractivity contribution in [3.05, 3.63) is 46.0 Å². The van der Waals surface area contributed by atoms with Crippen LogP contribution < -0.4 is 4.74 Å². The second kappa shape index (κ2) is 6.05. The molecule has 0 N–H and O–H groups in total. The SMILES string of the molecule is CCc1nn(C)c(COc2ccc(F)cc2C=O)c1Cl.